The minimum atomic E-state index is 0.480. The van der Waals surface area contributed by atoms with E-state index in [2.05, 4.69) is 350 Å². The molecule has 7 rings (SSSR count). The summed E-state index contributed by atoms with van der Waals surface area (Å²) in [4.78, 5) is 23.0. The number of aliphatic imine (C=N–C) groups is 3. The summed E-state index contributed by atoms with van der Waals surface area (Å²) in [5.41, 5.74) is 1.48. The molecule has 0 aromatic carbocycles. The van der Waals surface area contributed by atoms with Crippen molar-refractivity contribution in [1.29, 1.82) is 0 Å². The van der Waals surface area contributed by atoms with Crippen molar-refractivity contribution in [2.24, 2.45) is 77.6 Å². The molecule has 3 N–H and O–H groups in total. The second-order valence-electron chi connectivity index (χ2n) is 29.5. The van der Waals surface area contributed by atoms with Gasteiger partial charge in [-0.3, -0.25) is 20.2 Å². The number of rotatable bonds is 7. The van der Waals surface area contributed by atoms with Crippen LogP contribution in [0.1, 0.15) is 505 Å². The summed E-state index contributed by atoms with van der Waals surface area (Å²) >= 11 is 0. The van der Waals surface area contributed by atoms with Gasteiger partial charge in [0.25, 0.3) is 0 Å². The molecular formula is C114H271N15. The topological polar surface area (TPSA) is 130 Å². The largest absolute Gasteiger partial charge is 0.387 e. The Balaban J connectivity index is -0.0000000362. The molecule has 7 heterocycles. The van der Waals surface area contributed by atoms with Crippen molar-refractivity contribution in [1.82, 2.24) is 45.5 Å². The predicted molar refractivity (Wildman–Crippen MR) is 634 cm³/mol. The highest BCUT2D eigenvalue weighted by Gasteiger charge is 2.09. The molecule has 15 heteroatoms. The van der Waals surface area contributed by atoms with Crippen LogP contribution in [0.25, 0.3) is 0 Å². The van der Waals surface area contributed by atoms with E-state index in [1.807, 2.05) is 318 Å². The molecule has 7 aliphatic heterocycles. The molecule has 0 aromatic heterocycles. The lowest BCUT2D eigenvalue weighted by molar-refractivity contribution is 0.228. The summed E-state index contributed by atoms with van der Waals surface area (Å²) in [6, 6.07) is 3.44. The van der Waals surface area contributed by atoms with Gasteiger partial charge in [-0.05, 0) is 167 Å². The van der Waals surface area contributed by atoms with Gasteiger partial charge in [0.1, 0.15) is 12.7 Å². The number of allylic oxidation sites excluding steroid dienone is 2. The van der Waals surface area contributed by atoms with Crippen molar-refractivity contribution in [2.45, 2.75) is 542 Å². The molecule has 0 aromatic rings. The highest BCUT2D eigenvalue weighted by atomic mass is 15.5. The minimum absolute atomic E-state index is 0.480. The Bertz CT molecular complexity index is 1670. The average Bonchev–Trinajstić information content (AvgIpc) is 0.997. The Labute approximate surface area is 830 Å². The lowest BCUT2D eigenvalue weighted by atomic mass is 10.0. The van der Waals surface area contributed by atoms with Gasteiger partial charge >= 0.3 is 0 Å². The maximum Gasteiger partial charge on any atom is 0.135 e. The zero-order valence-electron chi connectivity index (χ0n) is 105. The van der Waals surface area contributed by atoms with Crippen LogP contribution in [-0.4, -0.2) is 163 Å². The molecule has 0 bridgehead atoms. The molecule has 802 valence electrons. The monoisotopic (exact) mass is 1850 g/mol. The fourth-order valence-electron chi connectivity index (χ4n) is 5.49. The van der Waals surface area contributed by atoms with E-state index in [0.717, 1.165) is 101 Å². The van der Waals surface area contributed by atoms with Crippen molar-refractivity contribution in [3.63, 3.8) is 0 Å². The van der Waals surface area contributed by atoms with E-state index >= 15 is 0 Å². The molecule has 7 aliphatic rings. The van der Waals surface area contributed by atoms with Crippen molar-refractivity contribution in [3.05, 3.63) is 73.2 Å². The fourth-order valence-corrected chi connectivity index (χ4v) is 5.49. The second kappa shape index (κ2) is 212. The number of nitrogens with zero attached hydrogens (tertiary/aromatic N) is 12. The number of dihydropyridines is 1. The maximum atomic E-state index is 4.04. The molecule has 0 saturated heterocycles. The quantitative estimate of drug-likeness (QED) is 0.228. The van der Waals surface area contributed by atoms with Gasteiger partial charge in [0, 0.05) is 99.7 Å². The molecule has 0 fully saturated rings. The smallest absolute Gasteiger partial charge is 0.135 e. The summed E-state index contributed by atoms with van der Waals surface area (Å²) in [7, 11) is 0. The normalized spacial score (nSPS) is 11.7. The van der Waals surface area contributed by atoms with E-state index in [-0.39, 0.29) is 0 Å². The van der Waals surface area contributed by atoms with Gasteiger partial charge < -0.3 is 30.2 Å². The van der Waals surface area contributed by atoms with Crippen LogP contribution in [0.3, 0.4) is 0 Å². The first-order valence-corrected chi connectivity index (χ1v) is 54.1. The average molecular weight is 1850 g/mol. The standard InChI is InChI=1S/C8H13N.C7H12N2.2C7H14N2.C7H12N2.2C6H11N3.7C4H10.19C2H6/c1-7(2)8-4-3-5-9-6-8;1-7(2)9-5-3-8-4-6-9;3*1-7(2)9-5-3-4-8-6-9;1-6(2)9-4-3-7-8-5-9;1-6(2)9-4-3-7-5-8-9;7*1-4(2)3;19*1-2/h3-5,7,9H,6H2,1-2H3;3-5,7H,6H2,1-2H3;3,5,7-8H,4,6H2,1-2H3;3-4,7-8H,5-6H2,1-2H3;3-4,6-7H,5H2,1-2H3;2*3,5-6H,4H2,1-2H3;7*4H,1-3H3;19*1-2H3. The summed E-state index contributed by atoms with van der Waals surface area (Å²) in [5, 5.41) is 23.1. The lowest BCUT2D eigenvalue weighted by Gasteiger charge is -2.27. The lowest BCUT2D eigenvalue weighted by Crippen LogP contribution is -2.39. The Morgan fingerprint density at radius 1 is 0.271 bits per heavy atom. The molecule has 0 spiro atoms. The third-order valence-electron chi connectivity index (χ3n) is 10.0. The molecule has 0 saturated carbocycles. The Kier molecular flexibility index (Phi) is 320. The van der Waals surface area contributed by atoms with Gasteiger partial charge in [-0.2, -0.15) is 10.2 Å². The highest BCUT2D eigenvalue weighted by Crippen LogP contribution is 2.10. The van der Waals surface area contributed by atoms with Crippen LogP contribution in [0.5, 0.6) is 0 Å². The van der Waals surface area contributed by atoms with Crippen LogP contribution in [0, 0.1) is 47.3 Å². The van der Waals surface area contributed by atoms with Crippen LogP contribution in [0.4, 0.5) is 0 Å². The summed E-state index contributed by atoms with van der Waals surface area (Å²) in [5.74, 6) is 6.52. The Hall–Kier alpha value is -5.02. The zero-order valence-corrected chi connectivity index (χ0v) is 105. The number of hydrazone groups is 1. The van der Waals surface area contributed by atoms with Gasteiger partial charge in [0.15, 0.2) is 0 Å². The SMILES string of the molecule is CC.CC.CC.CC.CC.CC.CC.CC.CC.CC.CC.CC.CC.CC.CC.CC.CC.CC.CC.CC(C)C.CC(C)C.CC(C)C.CC(C)C.CC(C)C.CC(C)C.CC(C)C.CC(C)C1=CC=CNC1.CC(C)N1C=CCNC1.CC(C)N1C=CN=CC1.CC(C)N1C=NC=CC1.CC(C)N1C=NN=CC1.CC(C)N1CC=CNC1.CC(C)N1CC=NC=N1. The van der Waals surface area contributed by atoms with Crippen molar-refractivity contribution in [2.75, 3.05) is 59.2 Å². The van der Waals surface area contributed by atoms with Crippen LogP contribution < -0.4 is 16.0 Å². The van der Waals surface area contributed by atoms with Gasteiger partial charge in [0.2, 0.25) is 0 Å². The van der Waals surface area contributed by atoms with E-state index < -0.39 is 0 Å². The second-order valence-corrected chi connectivity index (χ2v) is 29.5. The maximum absolute atomic E-state index is 4.04. The predicted octanol–water partition coefficient (Wildman–Crippen LogP) is 38.3. The van der Waals surface area contributed by atoms with E-state index in [1.165, 1.54) is 5.57 Å². The first kappa shape index (κ1) is 195. The van der Waals surface area contributed by atoms with Crippen LogP contribution in [-0.2, 0) is 0 Å². The summed E-state index contributed by atoms with van der Waals surface area (Å²) < 4.78 is 0. The molecule has 0 atom stereocenters. The molecule has 0 amide bonds. The van der Waals surface area contributed by atoms with E-state index in [1.54, 1.807) is 18.9 Å². The molecular weight excluding hydrogens is 1580 g/mol. The van der Waals surface area contributed by atoms with Gasteiger partial charge in [-0.25, -0.2) is 9.98 Å². The van der Waals surface area contributed by atoms with Crippen molar-refractivity contribution in [3.8, 4) is 0 Å². The highest BCUT2D eigenvalue weighted by molar-refractivity contribution is 5.75. The number of hydrogen-bond acceptors (Lipinski definition) is 15. The summed E-state index contributed by atoms with van der Waals surface area (Å²) in [6.45, 7) is 161. The van der Waals surface area contributed by atoms with E-state index in [9.17, 15) is 0 Å². The van der Waals surface area contributed by atoms with Gasteiger partial charge in [-0.15, -0.1) is 5.10 Å². The third kappa shape index (κ3) is 289. The number of hydrogen-bond donors (Lipinski definition) is 3. The van der Waals surface area contributed by atoms with Crippen molar-refractivity contribution < 1.29 is 0 Å². The third-order valence-corrected chi connectivity index (χ3v) is 10.0. The first-order chi connectivity index (χ1) is 61.3. The molecule has 129 heavy (non-hydrogen) atoms. The van der Waals surface area contributed by atoms with Crippen LogP contribution in [0.2, 0.25) is 0 Å². The van der Waals surface area contributed by atoms with E-state index in [0.29, 0.717) is 42.2 Å². The van der Waals surface area contributed by atoms with Crippen LogP contribution >= 0.6 is 0 Å². The minimum Gasteiger partial charge on any atom is -0.387 e. The summed E-state index contributed by atoms with van der Waals surface area (Å²) in [6.07, 6.45) is 33.2. The fraction of sp³-hybridized carbons (Fsp3) is 0.842. The van der Waals surface area contributed by atoms with Crippen molar-refractivity contribution >= 4 is 37.7 Å². The Morgan fingerprint density at radius 3 is 0.767 bits per heavy atom. The molecule has 0 radical (unpaired) electrons. The van der Waals surface area contributed by atoms with Crippen LogP contribution in [0.15, 0.2) is 103 Å². The molecule has 15 nitrogen and oxygen atoms in total. The van der Waals surface area contributed by atoms with Gasteiger partial charge in [0.05, 0.1) is 39.3 Å². The van der Waals surface area contributed by atoms with Gasteiger partial charge in [-0.1, -0.05) is 441 Å². The molecule has 0 aliphatic carbocycles. The number of nitrogens with one attached hydrogen (secondary N) is 3. The van der Waals surface area contributed by atoms with E-state index in [4.69, 9.17) is 0 Å². The molecule has 0 unspecified atom stereocenters. The zero-order chi connectivity index (χ0) is 110. The first-order valence-electron chi connectivity index (χ1n) is 54.1. The Morgan fingerprint density at radius 2 is 0.605 bits per heavy atom.